The molecule has 0 radical (unpaired) electrons. The monoisotopic (exact) mass is 374 g/mol. The zero-order valence-electron chi connectivity index (χ0n) is 14.7. The maximum atomic E-state index is 12.5. The zero-order chi connectivity index (χ0) is 18.4. The van der Waals surface area contributed by atoms with E-state index in [1.165, 1.54) is 18.4 Å². The Morgan fingerprint density at radius 3 is 3.04 bits per heavy atom. The van der Waals surface area contributed by atoms with Crippen LogP contribution in [0.1, 0.15) is 35.7 Å². The summed E-state index contributed by atoms with van der Waals surface area (Å²) in [5, 5.41) is 3.34. The summed E-state index contributed by atoms with van der Waals surface area (Å²) in [6.07, 6.45) is 8.67. The number of methoxy groups -OCH3 is 1. The normalized spacial score (nSPS) is 17.7. The Hall–Kier alpha value is -2.32. The molecule has 0 aliphatic carbocycles. The molecular formula is C18H22N4O3S. The largest absolute Gasteiger partial charge is 0.469 e. The van der Waals surface area contributed by atoms with E-state index in [4.69, 9.17) is 0 Å². The fourth-order valence-electron chi connectivity index (χ4n) is 3.14. The first-order chi connectivity index (χ1) is 12.7. The number of nitrogens with zero attached hydrogens (tertiary/aromatic N) is 3. The van der Waals surface area contributed by atoms with E-state index in [0.717, 1.165) is 36.2 Å². The maximum Gasteiger partial charge on any atom is 0.310 e. The molecule has 26 heavy (non-hydrogen) atoms. The number of nitrogens with one attached hydrogen (secondary N) is 1. The van der Waals surface area contributed by atoms with Crippen LogP contribution < -0.4 is 5.32 Å². The second-order valence-corrected chi connectivity index (χ2v) is 7.32. The average Bonchev–Trinajstić information content (AvgIpc) is 3.09. The van der Waals surface area contributed by atoms with Crippen LogP contribution in [-0.4, -0.2) is 46.9 Å². The van der Waals surface area contributed by atoms with Gasteiger partial charge in [-0.15, -0.1) is 11.3 Å². The number of ether oxygens (including phenoxy) is 1. The highest BCUT2D eigenvalue weighted by Gasteiger charge is 2.26. The molecule has 0 aromatic carbocycles. The van der Waals surface area contributed by atoms with E-state index in [2.05, 4.69) is 31.0 Å². The van der Waals surface area contributed by atoms with Gasteiger partial charge in [0.2, 0.25) is 5.91 Å². The van der Waals surface area contributed by atoms with Gasteiger partial charge in [-0.2, -0.15) is 0 Å². The lowest BCUT2D eigenvalue weighted by Gasteiger charge is -2.35. The second-order valence-electron chi connectivity index (χ2n) is 6.20. The Morgan fingerprint density at radius 2 is 2.27 bits per heavy atom. The molecule has 0 spiro atoms. The minimum absolute atomic E-state index is 0.0974. The second kappa shape index (κ2) is 8.86. The number of carbonyl (C=O) groups excluding carboxylic acids is 2. The Morgan fingerprint density at radius 1 is 1.38 bits per heavy atom. The number of rotatable bonds is 6. The molecule has 8 heteroatoms. The van der Waals surface area contributed by atoms with Crippen LogP contribution in [-0.2, 0) is 20.7 Å². The number of pyridine rings is 1. The number of hydrogen-bond donors (Lipinski definition) is 1. The van der Waals surface area contributed by atoms with Crippen LogP contribution in [0.2, 0.25) is 0 Å². The smallest absolute Gasteiger partial charge is 0.310 e. The molecule has 1 aliphatic rings. The number of likely N-dealkylation sites (tertiary alicyclic amines) is 1. The molecule has 138 valence electrons. The van der Waals surface area contributed by atoms with Crippen molar-refractivity contribution in [2.24, 2.45) is 0 Å². The molecule has 1 fully saturated rings. The van der Waals surface area contributed by atoms with E-state index >= 15 is 0 Å². The first-order valence-corrected chi connectivity index (χ1v) is 9.42. The van der Waals surface area contributed by atoms with Gasteiger partial charge in [0.05, 0.1) is 20.1 Å². The van der Waals surface area contributed by atoms with Crippen molar-refractivity contribution in [3.05, 3.63) is 41.2 Å². The Balaban J connectivity index is 1.59. The van der Waals surface area contributed by atoms with Crippen molar-refractivity contribution in [3.63, 3.8) is 0 Å². The van der Waals surface area contributed by atoms with Gasteiger partial charge in [0, 0.05) is 29.5 Å². The third-order valence-electron chi connectivity index (χ3n) is 4.38. The lowest BCUT2D eigenvalue weighted by molar-refractivity contribution is -0.139. The topological polar surface area (TPSA) is 84.4 Å². The third kappa shape index (κ3) is 4.86. The van der Waals surface area contributed by atoms with Crippen molar-refractivity contribution in [2.45, 2.75) is 31.7 Å². The van der Waals surface area contributed by atoms with Gasteiger partial charge in [-0.25, -0.2) is 4.98 Å². The van der Waals surface area contributed by atoms with Crippen LogP contribution in [0.5, 0.6) is 0 Å². The molecule has 1 amide bonds. The number of thiazole rings is 1. The molecule has 0 saturated carbocycles. The van der Waals surface area contributed by atoms with Crippen molar-refractivity contribution >= 4 is 28.3 Å². The molecule has 2 aromatic heterocycles. The van der Waals surface area contributed by atoms with Crippen LogP contribution in [0.25, 0.3) is 0 Å². The van der Waals surface area contributed by atoms with Gasteiger partial charge >= 0.3 is 5.97 Å². The predicted octanol–water partition coefficient (Wildman–Crippen LogP) is 2.42. The van der Waals surface area contributed by atoms with E-state index < -0.39 is 0 Å². The first kappa shape index (κ1) is 18.5. The molecule has 1 atom stereocenters. The first-order valence-electron chi connectivity index (χ1n) is 8.61. The summed E-state index contributed by atoms with van der Waals surface area (Å²) in [6.45, 7) is 1.20. The number of aromatic nitrogens is 2. The standard InChI is InChI=1S/C18H22N4O3S/c1-25-17(24)9-14-11-20-18(26-14)21-16(23)12-22-8-3-2-6-15(22)13-5-4-7-19-10-13/h4-5,7,10-11,15H,2-3,6,8-9,12H2,1H3,(H,20,21,23)/t15-/m1/s1. The molecule has 3 rings (SSSR count). The number of amides is 1. The van der Waals surface area contributed by atoms with Gasteiger partial charge in [-0.3, -0.25) is 19.5 Å². The number of carbonyl (C=O) groups is 2. The lowest BCUT2D eigenvalue weighted by Crippen LogP contribution is -2.39. The van der Waals surface area contributed by atoms with Gasteiger partial charge in [0.25, 0.3) is 0 Å². The third-order valence-corrected chi connectivity index (χ3v) is 5.29. The number of piperidine rings is 1. The van der Waals surface area contributed by atoms with Gasteiger partial charge in [0.1, 0.15) is 0 Å². The van der Waals surface area contributed by atoms with Crippen molar-refractivity contribution in [1.29, 1.82) is 0 Å². The fourth-order valence-corrected chi connectivity index (χ4v) is 3.95. The zero-order valence-corrected chi connectivity index (χ0v) is 15.5. The van der Waals surface area contributed by atoms with Crippen molar-refractivity contribution in [2.75, 3.05) is 25.5 Å². The highest BCUT2D eigenvalue weighted by molar-refractivity contribution is 7.15. The Kier molecular flexibility index (Phi) is 6.30. The maximum absolute atomic E-state index is 12.5. The van der Waals surface area contributed by atoms with E-state index in [1.54, 1.807) is 12.4 Å². The molecule has 1 aliphatic heterocycles. The van der Waals surface area contributed by atoms with E-state index in [0.29, 0.717) is 11.7 Å². The Bertz CT molecular complexity index is 750. The minimum Gasteiger partial charge on any atom is -0.469 e. The molecule has 0 unspecified atom stereocenters. The fraction of sp³-hybridized carbons (Fsp3) is 0.444. The van der Waals surface area contributed by atoms with Gasteiger partial charge < -0.3 is 10.1 Å². The molecular weight excluding hydrogens is 352 g/mol. The van der Waals surface area contributed by atoms with E-state index in [-0.39, 0.29) is 24.3 Å². The SMILES string of the molecule is COC(=O)Cc1cnc(NC(=O)CN2CCCC[C@@H]2c2cccnc2)s1. The van der Waals surface area contributed by atoms with Crippen molar-refractivity contribution in [3.8, 4) is 0 Å². The van der Waals surface area contributed by atoms with Crippen LogP contribution in [0, 0.1) is 0 Å². The number of hydrogen-bond acceptors (Lipinski definition) is 7. The average molecular weight is 374 g/mol. The highest BCUT2D eigenvalue weighted by Crippen LogP contribution is 2.30. The number of esters is 1. The summed E-state index contributed by atoms with van der Waals surface area (Å²) in [5.74, 6) is -0.418. The minimum atomic E-state index is -0.320. The summed E-state index contributed by atoms with van der Waals surface area (Å²) >= 11 is 1.29. The lowest BCUT2D eigenvalue weighted by atomic mass is 9.96. The van der Waals surface area contributed by atoms with Crippen molar-refractivity contribution in [1.82, 2.24) is 14.9 Å². The molecule has 0 bridgehead atoms. The molecule has 2 aromatic rings. The highest BCUT2D eigenvalue weighted by atomic mass is 32.1. The summed E-state index contributed by atoms with van der Waals surface area (Å²) in [7, 11) is 1.35. The molecule has 1 N–H and O–H groups in total. The van der Waals surface area contributed by atoms with Crippen LogP contribution >= 0.6 is 11.3 Å². The summed E-state index contributed by atoms with van der Waals surface area (Å²) in [5.41, 5.74) is 1.15. The Labute approximate surface area is 156 Å². The predicted molar refractivity (Wildman–Crippen MR) is 98.9 cm³/mol. The van der Waals surface area contributed by atoms with Gasteiger partial charge in [-0.1, -0.05) is 12.5 Å². The van der Waals surface area contributed by atoms with Crippen LogP contribution in [0.4, 0.5) is 5.13 Å². The summed E-state index contributed by atoms with van der Waals surface area (Å²) in [6, 6.07) is 4.21. The van der Waals surface area contributed by atoms with Crippen LogP contribution in [0.15, 0.2) is 30.7 Å². The van der Waals surface area contributed by atoms with Gasteiger partial charge in [-0.05, 0) is 31.0 Å². The van der Waals surface area contributed by atoms with Crippen LogP contribution in [0.3, 0.4) is 0 Å². The van der Waals surface area contributed by atoms with E-state index in [9.17, 15) is 9.59 Å². The molecule has 3 heterocycles. The quantitative estimate of drug-likeness (QED) is 0.782. The number of anilines is 1. The molecule has 1 saturated heterocycles. The van der Waals surface area contributed by atoms with E-state index in [1.807, 2.05) is 12.3 Å². The summed E-state index contributed by atoms with van der Waals surface area (Å²) < 4.78 is 4.64. The molecule has 7 nitrogen and oxygen atoms in total. The van der Waals surface area contributed by atoms with Gasteiger partial charge in [0.15, 0.2) is 5.13 Å². The van der Waals surface area contributed by atoms with Crippen molar-refractivity contribution < 1.29 is 14.3 Å². The summed E-state index contributed by atoms with van der Waals surface area (Å²) in [4.78, 5) is 35.1.